The first-order valence-electron chi connectivity index (χ1n) is 10.5. The fourth-order valence-corrected chi connectivity index (χ4v) is 3.30. The average Bonchev–Trinajstić information content (AvgIpc) is 3.27. The molecule has 10 heteroatoms. The molecule has 0 spiro atoms. The quantitative estimate of drug-likeness (QED) is 0.518. The van der Waals surface area contributed by atoms with Crippen LogP contribution in [-0.2, 0) is 9.59 Å². The van der Waals surface area contributed by atoms with E-state index in [-0.39, 0.29) is 18.0 Å². The van der Waals surface area contributed by atoms with E-state index in [2.05, 4.69) is 16.2 Å². The highest BCUT2D eigenvalue weighted by Gasteiger charge is 2.21. The molecule has 1 fully saturated rings. The van der Waals surface area contributed by atoms with Crippen LogP contribution >= 0.6 is 0 Å². The molecule has 1 aliphatic heterocycles. The molecule has 174 valence electrons. The topological polar surface area (TPSA) is 126 Å². The predicted octanol–water partition coefficient (Wildman–Crippen LogP) is 1.41. The third-order valence-electron chi connectivity index (χ3n) is 4.97. The van der Waals surface area contributed by atoms with Gasteiger partial charge in [0, 0.05) is 29.8 Å². The van der Waals surface area contributed by atoms with Crippen molar-refractivity contribution >= 4 is 29.3 Å². The number of benzene rings is 2. The molecule has 0 aliphatic carbocycles. The van der Waals surface area contributed by atoms with E-state index in [9.17, 15) is 19.2 Å². The van der Waals surface area contributed by atoms with E-state index >= 15 is 0 Å². The van der Waals surface area contributed by atoms with Crippen LogP contribution in [0.4, 0.5) is 5.69 Å². The number of carbonyl (C=O) groups excluding carboxylic acids is 4. The second-order valence-corrected chi connectivity index (χ2v) is 7.18. The maximum absolute atomic E-state index is 12.3. The summed E-state index contributed by atoms with van der Waals surface area (Å²) < 4.78 is 10.6. The van der Waals surface area contributed by atoms with Gasteiger partial charge in [-0.2, -0.15) is 0 Å². The standard InChI is InChI=1S/C23H26N4O6/c1-3-33-18-11-8-16(13-19(18)32-2)23(31)26-25-20(28)14-24-22(30)15-6-9-17(10-7-15)27-12-4-5-21(27)29/h6-11,13H,3-5,12,14H2,1-2H3,(H,24,30)(H,25,28)(H,26,31). The number of carbonyl (C=O) groups is 4. The maximum atomic E-state index is 12.3. The van der Waals surface area contributed by atoms with Gasteiger partial charge in [0.25, 0.3) is 17.7 Å². The zero-order valence-corrected chi connectivity index (χ0v) is 18.5. The molecule has 0 radical (unpaired) electrons. The van der Waals surface area contributed by atoms with Gasteiger partial charge in [-0.1, -0.05) is 0 Å². The van der Waals surface area contributed by atoms with Crippen LogP contribution in [0.5, 0.6) is 11.5 Å². The summed E-state index contributed by atoms with van der Waals surface area (Å²) in [7, 11) is 1.46. The lowest BCUT2D eigenvalue weighted by Crippen LogP contribution is -2.46. The summed E-state index contributed by atoms with van der Waals surface area (Å²) in [5.41, 5.74) is 5.88. The molecular weight excluding hydrogens is 428 g/mol. The minimum atomic E-state index is -0.603. The van der Waals surface area contributed by atoms with E-state index in [1.165, 1.54) is 19.2 Å². The molecule has 0 unspecified atom stereocenters. The van der Waals surface area contributed by atoms with Crippen LogP contribution in [0.1, 0.15) is 40.5 Å². The maximum Gasteiger partial charge on any atom is 0.269 e. The minimum absolute atomic E-state index is 0.0644. The van der Waals surface area contributed by atoms with Crippen LogP contribution in [0.25, 0.3) is 0 Å². The Hall–Kier alpha value is -4.08. The Kier molecular flexibility index (Phi) is 7.85. The third-order valence-corrected chi connectivity index (χ3v) is 4.97. The van der Waals surface area contributed by atoms with Gasteiger partial charge in [-0.15, -0.1) is 0 Å². The zero-order chi connectivity index (χ0) is 23.8. The molecule has 4 amide bonds. The van der Waals surface area contributed by atoms with Gasteiger partial charge in [0.1, 0.15) is 0 Å². The van der Waals surface area contributed by atoms with Crippen LogP contribution in [0.2, 0.25) is 0 Å². The molecule has 3 N–H and O–H groups in total. The number of anilines is 1. The Labute approximate surface area is 191 Å². The highest BCUT2D eigenvalue weighted by atomic mass is 16.5. The SMILES string of the molecule is CCOc1ccc(C(=O)NNC(=O)CNC(=O)c2ccc(N3CCCC3=O)cc2)cc1OC. The molecule has 2 aromatic carbocycles. The molecule has 1 aliphatic rings. The molecule has 1 heterocycles. The number of hydrogen-bond donors (Lipinski definition) is 3. The second-order valence-electron chi connectivity index (χ2n) is 7.18. The highest BCUT2D eigenvalue weighted by Crippen LogP contribution is 2.28. The summed E-state index contributed by atoms with van der Waals surface area (Å²) in [6.45, 7) is 2.61. The van der Waals surface area contributed by atoms with Crippen LogP contribution < -0.4 is 30.5 Å². The van der Waals surface area contributed by atoms with Crippen LogP contribution in [-0.4, -0.2) is 50.4 Å². The second kappa shape index (κ2) is 11.0. The summed E-state index contributed by atoms with van der Waals surface area (Å²) >= 11 is 0. The summed E-state index contributed by atoms with van der Waals surface area (Å²) in [6, 6.07) is 11.2. The number of nitrogens with zero attached hydrogens (tertiary/aromatic N) is 1. The Morgan fingerprint density at radius 2 is 1.70 bits per heavy atom. The van der Waals surface area contributed by atoms with Gasteiger partial charge in [-0.25, -0.2) is 0 Å². The number of ether oxygens (including phenoxy) is 2. The summed E-state index contributed by atoms with van der Waals surface area (Å²) in [5, 5.41) is 2.48. The Morgan fingerprint density at radius 1 is 0.970 bits per heavy atom. The summed E-state index contributed by atoms with van der Waals surface area (Å²) in [5.74, 6) is -0.648. The summed E-state index contributed by atoms with van der Waals surface area (Å²) in [6.07, 6.45) is 1.35. The molecule has 33 heavy (non-hydrogen) atoms. The van der Waals surface area contributed by atoms with Gasteiger partial charge in [-0.05, 0) is 55.8 Å². The monoisotopic (exact) mass is 454 g/mol. The number of hydrazine groups is 1. The lowest BCUT2D eigenvalue weighted by atomic mass is 10.2. The largest absolute Gasteiger partial charge is 0.493 e. The van der Waals surface area contributed by atoms with Crippen molar-refractivity contribution in [2.24, 2.45) is 0 Å². The number of rotatable bonds is 8. The van der Waals surface area contributed by atoms with Crippen molar-refractivity contribution in [2.75, 3.05) is 31.7 Å². The van der Waals surface area contributed by atoms with Crippen molar-refractivity contribution in [1.29, 1.82) is 0 Å². The number of hydrogen-bond acceptors (Lipinski definition) is 6. The molecule has 2 aromatic rings. The predicted molar refractivity (Wildman–Crippen MR) is 120 cm³/mol. The van der Waals surface area contributed by atoms with Crippen molar-refractivity contribution in [3.63, 3.8) is 0 Å². The van der Waals surface area contributed by atoms with Crippen molar-refractivity contribution in [3.8, 4) is 11.5 Å². The van der Waals surface area contributed by atoms with Gasteiger partial charge >= 0.3 is 0 Å². The molecule has 0 aromatic heterocycles. The number of amides is 4. The molecular formula is C23H26N4O6. The first-order valence-corrected chi connectivity index (χ1v) is 10.5. The smallest absolute Gasteiger partial charge is 0.269 e. The van der Waals surface area contributed by atoms with Gasteiger partial charge in [0.2, 0.25) is 5.91 Å². The third kappa shape index (κ3) is 6.00. The highest BCUT2D eigenvalue weighted by molar-refractivity contribution is 5.99. The van der Waals surface area contributed by atoms with Gasteiger partial charge < -0.3 is 19.7 Å². The van der Waals surface area contributed by atoms with Gasteiger partial charge in [0.15, 0.2) is 11.5 Å². The molecule has 0 bridgehead atoms. The molecule has 0 saturated carbocycles. The first-order chi connectivity index (χ1) is 15.9. The van der Waals surface area contributed by atoms with E-state index in [4.69, 9.17) is 9.47 Å². The molecule has 3 rings (SSSR count). The van der Waals surface area contributed by atoms with E-state index in [0.717, 1.165) is 12.1 Å². The van der Waals surface area contributed by atoms with Crippen LogP contribution in [0, 0.1) is 0 Å². The van der Waals surface area contributed by atoms with Gasteiger partial charge in [-0.3, -0.25) is 30.0 Å². The Morgan fingerprint density at radius 3 is 2.33 bits per heavy atom. The fraction of sp³-hybridized carbons (Fsp3) is 0.304. The van der Waals surface area contributed by atoms with Crippen molar-refractivity contribution in [3.05, 3.63) is 53.6 Å². The molecule has 0 atom stereocenters. The van der Waals surface area contributed by atoms with Crippen LogP contribution in [0.3, 0.4) is 0 Å². The normalized spacial score (nSPS) is 12.8. The zero-order valence-electron chi connectivity index (χ0n) is 18.5. The van der Waals surface area contributed by atoms with Crippen LogP contribution in [0.15, 0.2) is 42.5 Å². The van der Waals surface area contributed by atoms with Crippen molar-refractivity contribution in [2.45, 2.75) is 19.8 Å². The average molecular weight is 454 g/mol. The fourth-order valence-electron chi connectivity index (χ4n) is 3.30. The number of nitrogens with one attached hydrogen (secondary N) is 3. The Bertz CT molecular complexity index is 1040. The lowest BCUT2D eigenvalue weighted by Gasteiger charge is -2.15. The lowest BCUT2D eigenvalue weighted by molar-refractivity contribution is -0.121. The van der Waals surface area contributed by atoms with E-state index < -0.39 is 17.7 Å². The Balaban J connectivity index is 1.46. The van der Waals surface area contributed by atoms with Crippen molar-refractivity contribution < 1.29 is 28.7 Å². The van der Waals surface area contributed by atoms with Gasteiger partial charge in [0.05, 0.1) is 20.3 Å². The molecule has 1 saturated heterocycles. The first kappa shape index (κ1) is 23.6. The van der Waals surface area contributed by atoms with Crippen molar-refractivity contribution in [1.82, 2.24) is 16.2 Å². The molecule has 10 nitrogen and oxygen atoms in total. The van der Waals surface area contributed by atoms with E-state index in [1.54, 1.807) is 35.2 Å². The number of methoxy groups -OCH3 is 1. The summed E-state index contributed by atoms with van der Waals surface area (Å²) in [4.78, 5) is 50.0. The van der Waals surface area contributed by atoms with E-state index in [0.29, 0.717) is 36.6 Å². The minimum Gasteiger partial charge on any atom is -0.493 e. The van der Waals surface area contributed by atoms with E-state index in [1.807, 2.05) is 6.92 Å².